The molecule has 7 heteroatoms. The lowest BCUT2D eigenvalue weighted by atomic mass is 10.3. The smallest absolute Gasteiger partial charge is 0.236 e. The zero-order chi connectivity index (χ0) is 14.5. The van der Waals surface area contributed by atoms with Crippen LogP contribution in [0.2, 0.25) is 0 Å². The number of hydrogen-bond acceptors (Lipinski definition) is 3. The monoisotopic (exact) mass is 292 g/mol. The van der Waals surface area contributed by atoms with Gasteiger partial charge in [0.15, 0.2) is 0 Å². The maximum absolute atomic E-state index is 13.4. The molecule has 0 heterocycles. The number of sulfonamides is 1. The molecule has 1 aromatic carbocycles. The number of hydrogen-bond donors (Lipinski definition) is 2. The minimum Gasteiger partial charge on any atom is -0.315 e. The van der Waals surface area contributed by atoms with E-state index in [9.17, 15) is 17.2 Å². The summed E-state index contributed by atoms with van der Waals surface area (Å²) in [6.45, 7) is 4.42. The third-order valence-electron chi connectivity index (χ3n) is 2.57. The number of rotatable bonds is 7. The van der Waals surface area contributed by atoms with Crippen LogP contribution in [0, 0.1) is 11.6 Å². The third-order valence-corrected chi connectivity index (χ3v) is 4.30. The summed E-state index contributed by atoms with van der Waals surface area (Å²) in [7, 11) is -3.75. The SMILES string of the molecule is CCCNCC(C)S(=O)(=O)Nc1cc(F)ccc1F. The van der Waals surface area contributed by atoms with Crippen LogP contribution in [0.3, 0.4) is 0 Å². The van der Waals surface area contributed by atoms with Gasteiger partial charge in [0.05, 0.1) is 10.9 Å². The van der Waals surface area contributed by atoms with Crippen LogP contribution in [0.5, 0.6) is 0 Å². The van der Waals surface area contributed by atoms with E-state index in [4.69, 9.17) is 0 Å². The normalized spacial score (nSPS) is 13.3. The average molecular weight is 292 g/mol. The molecular formula is C12H18F2N2O2S. The molecule has 4 nitrogen and oxygen atoms in total. The van der Waals surface area contributed by atoms with Gasteiger partial charge in [-0.15, -0.1) is 0 Å². The Balaban J connectivity index is 2.75. The maximum atomic E-state index is 13.4. The molecule has 0 spiro atoms. The van der Waals surface area contributed by atoms with E-state index in [-0.39, 0.29) is 12.2 Å². The second-order valence-corrected chi connectivity index (χ2v) is 6.38. The van der Waals surface area contributed by atoms with Gasteiger partial charge < -0.3 is 5.32 Å². The number of halogens is 2. The minimum absolute atomic E-state index is 0.250. The molecule has 1 rings (SSSR count). The lowest BCUT2D eigenvalue weighted by molar-refractivity contribution is 0.573. The molecule has 0 aromatic heterocycles. The zero-order valence-corrected chi connectivity index (χ0v) is 11.7. The van der Waals surface area contributed by atoms with E-state index in [0.29, 0.717) is 6.54 Å². The maximum Gasteiger partial charge on any atom is 0.236 e. The highest BCUT2D eigenvalue weighted by molar-refractivity contribution is 7.93. The second-order valence-electron chi connectivity index (χ2n) is 4.29. The van der Waals surface area contributed by atoms with Crippen molar-refractivity contribution < 1.29 is 17.2 Å². The summed E-state index contributed by atoms with van der Waals surface area (Å²) in [5.41, 5.74) is -0.373. The largest absolute Gasteiger partial charge is 0.315 e. The fourth-order valence-corrected chi connectivity index (χ4v) is 2.42. The van der Waals surface area contributed by atoms with Crippen molar-refractivity contribution in [3.8, 4) is 0 Å². The Labute approximate surface area is 112 Å². The quantitative estimate of drug-likeness (QED) is 0.757. The molecule has 0 saturated heterocycles. The highest BCUT2D eigenvalue weighted by atomic mass is 32.2. The first-order chi connectivity index (χ1) is 8.86. The van der Waals surface area contributed by atoms with Crippen molar-refractivity contribution in [2.45, 2.75) is 25.5 Å². The predicted molar refractivity (Wildman–Crippen MR) is 71.5 cm³/mol. The first kappa shape index (κ1) is 15.8. The fourth-order valence-electron chi connectivity index (χ4n) is 1.42. The van der Waals surface area contributed by atoms with Gasteiger partial charge >= 0.3 is 0 Å². The Morgan fingerprint density at radius 2 is 2.00 bits per heavy atom. The van der Waals surface area contributed by atoms with Crippen LogP contribution in [-0.2, 0) is 10.0 Å². The van der Waals surface area contributed by atoms with Gasteiger partial charge in [-0.1, -0.05) is 6.92 Å². The van der Waals surface area contributed by atoms with Crippen molar-refractivity contribution in [3.63, 3.8) is 0 Å². The van der Waals surface area contributed by atoms with Gasteiger partial charge in [-0.2, -0.15) is 0 Å². The summed E-state index contributed by atoms with van der Waals surface area (Å²) in [6, 6.07) is 2.63. The first-order valence-corrected chi connectivity index (χ1v) is 7.59. The van der Waals surface area contributed by atoms with E-state index in [0.717, 1.165) is 24.6 Å². The predicted octanol–water partition coefficient (Wildman–Crippen LogP) is 2.09. The van der Waals surface area contributed by atoms with Crippen LogP contribution in [0.15, 0.2) is 18.2 Å². The summed E-state index contributed by atoms with van der Waals surface area (Å²) in [5, 5.41) is 2.22. The summed E-state index contributed by atoms with van der Waals surface area (Å²) < 4.78 is 52.2. The van der Waals surface area contributed by atoms with Crippen LogP contribution < -0.4 is 10.0 Å². The number of anilines is 1. The van der Waals surface area contributed by atoms with E-state index in [1.165, 1.54) is 6.92 Å². The topological polar surface area (TPSA) is 58.2 Å². The van der Waals surface area contributed by atoms with E-state index >= 15 is 0 Å². The Hall–Kier alpha value is -1.21. The average Bonchev–Trinajstić information content (AvgIpc) is 2.33. The van der Waals surface area contributed by atoms with Gasteiger partial charge in [0.25, 0.3) is 0 Å². The Morgan fingerprint density at radius 1 is 1.32 bits per heavy atom. The van der Waals surface area contributed by atoms with Gasteiger partial charge in [-0.05, 0) is 32.0 Å². The Bertz CT molecular complexity index is 520. The molecule has 1 aromatic rings. The summed E-state index contributed by atoms with van der Waals surface area (Å²) in [6.07, 6.45) is 0.888. The van der Waals surface area contributed by atoms with Crippen LogP contribution in [0.25, 0.3) is 0 Å². The van der Waals surface area contributed by atoms with Gasteiger partial charge in [-0.3, -0.25) is 4.72 Å². The molecule has 0 bridgehead atoms. The molecule has 0 aliphatic carbocycles. The van der Waals surface area contributed by atoms with E-state index in [1.807, 2.05) is 6.92 Å². The molecule has 2 N–H and O–H groups in total. The molecule has 108 valence electrons. The van der Waals surface area contributed by atoms with Crippen LogP contribution >= 0.6 is 0 Å². The first-order valence-electron chi connectivity index (χ1n) is 6.04. The van der Waals surface area contributed by atoms with Crippen molar-refractivity contribution in [2.24, 2.45) is 0 Å². The highest BCUT2D eigenvalue weighted by Crippen LogP contribution is 2.18. The van der Waals surface area contributed by atoms with Crippen molar-refractivity contribution in [3.05, 3.63) is 29.8 Å². The lowest BCUT2D eigenvalue weighted by Gasteiger charge is -2.15. The van der Waals surface area contributed by atoms with E-state index < -0.39 is 26.9 Å². The summed E-state index contributed by atoms with van der Waals surface area (Å²) >= 11 is 0. The summed E-state index contributed by atoms with van der Waals surface area (Å²) in [4.78, 5) is 0. The fraction of sp³-hybridized carbons (Fsp3) is 0.500. The zero-order valence-electron chi connectivity index (χ0n) is 10.9. The van der Waals surface area contributed by atoms with Crippen LogP contribution in [0.4, 0.5) is 14.5 Å². The molecule has 0 saturated carbocycles. The molecule has 0 radical (unpaired) electrons. The van der Waals surface area contributed by atoms with E-state index in [1.54, 1.807) is 0 Å². The number of nitrogens with one attached hydrogen (secondary N) is 2. The van der Waals surface area contributed by atoms with Gasteiger partial charge in [0.2, 0.25) is 10.0 Å². The van der Waals surface area contributed by atoms with Crippen LogP contribution in [0.1, 0.15) is 20.3 Å². The Kier molecular flexibility index (Phi) is 5.68. The third kappa shape index (κ3) is 4.76. The van der Waals surface area contributed by atoms with Crippen molar-refractivity contribution in [1.29, 1.82) is 0 Å². The van der Waals surface area contributed by atoms with Crippen LogP contribution in [-0.4, -0.2) is 26.8 Å². The van der Waals surface area contributed by atoms with Gasteiger partial charge in [-0.25, -0.2) is 17.2 Å². The standard InChI is InChI=1S/C12H18F2N2O2S/c1-3-6-15-8-9(2)19(17,18)16-12-7-10(13)4-5-11(12)14/h4-5,7,9,15-16H,3,6,8H2,1-2H3. The molecular weight excluding hydrogens is 274 g/mol. The molecule has 19 heavy (non-hydrogen) atoms. The highest BCUT2D eigenvalue weighted by Gasteiger charge is 2.21. The molecule has 1 atom stereocenters. The molecule has 0 aliphatic heterocycles. The van der Waals surface area contributed by atoms with Gasteiger partial charge in [0.1, 0.15) is 11.6 Å². The van der Waals surface area contributed by atoms with Crippen molar-refractivity contribution in [2.75, 3.05) is 17.8 Å². The summed E-state index contributed by atoms with van der Waals surface area (Å²) in [5.74, 6) is -1.51. The molecule has 1 unspecified atom stereocenters. The minimum atomic E-state index is -3.75. The Morgan fingerprint density at radius 3 is 2.63 bits per heavy atom. The molecule has 0 aliphatic rings. The lowest BCUT2D eigenvalue weighted by Crippen LogP contribution is -2.35. The molecule has 0 fully saturated rings. The number of benzene rings is 1. The van der Waals surface area contributed by atoms with E-state index in [2.05, 4.69) is 10.0 Å². The van der Waals surface area contributed by atoms with Gasteiger partial charge in [0, 0.05) is 12.6 Å². The second kappa shape index (κ2) is 6.81. The van der Waals surface area contributed by atoms with Crippen molar-refractivity contribution >= 4 is 15.7 Å². The van der Waals surface area contributed by atoms with Crippen molar-refractivity contribution in [1.82, 2.24) is 5.32 Å². The molecule has 0 amide bonds.